The minimum absolute atomic E-state index is 0.221. The lowest BCUT2D eigenvalue weighted by Crippen LogP contribution is -2.12. The Morgan fingerprint density at radius 2 is 2.12 bits per heavy atom. The first-order valence-corrected chi connectivity index (χ1v) is 5.47. The van der Waals surface area contributed by atoms with Crippen molar-refractivity contribution in [3.63, 3.8) is 0 Å². The number of rotatable bonds is 2. The molecule has 2 aromatic rings. The number of anilines is 1. The molecule has 0 unspecified atom stereocenters. The van der Waals surface area contributed by atoms with E-state index in [1.54, 1.807) is 19.1 Å². The minimum atomic E-state index is -0.345. The van der Waals surface area contributed by atoms with Crippen LogP contribution in [-0.4, -0.2) is 21.1 Å². The van der Waals surface area contributed by atoms with Crippen LogP contribution in [0.4, 0.5) is 5.95 Å². The molecule has 17 heavy (non-hydrogen) atoms. The Kier molecular flexibility index (Phi) is 3.31. The fourth-order valence-electron chi connectivity index (χ4n) is 1.21. The van der Waals surface area contributed by atoms with Crippen LogP contribution in [0.3, 0.4) is 0 Å². The van der Waals surface area contributed by atoms with Gasteiger partial charge in [-0.1, -0.05) is 23.2 Å². The van der Waals surface area contributed by atoms with Gasteiger partial charge in [0, 0.05) is 5.56 Å². The zero-order valence-corrected chi connectivity index (χ0v) is 10.3. The molecular weight excluding hydrogens is 263 g/mol. The maximum atomic E-state index is 11.8. The van der Waals surface area contributed by atoms with E-state index in [9.17, 15) is 4.79 Å². The van der Waals surface area contributed by atoms with E-state index in [0.29, 0.717) is 21.4 Å². The third kappa shape index (κ3) is 2.75. The Morgan fingerprint density at radius 3 is 2.71 bits per heavy atom. The smallest absolute Gasteiger partial charge is 0.258 e. The van der Waals surface area contributed by atoms with Gasteiger partial charge in [-0.05, 0) is 25.1 Å². The highest BCUT2D eigenvalue weighted by molar-refractivity contribution is 6.42. The Morgan fingerprint density at radius 1 is 1.35 bits per heavy atom. The molecule has 0 saturated carbocycles. The van der Waals surface area contributed by atoms with Crippen LogP contribution in [0.5, 0.6) is 0 Å². The highest BCUT2D eigenvalue weighted by atomic mass is 35.5. The summed E-state index contributed by atoms with van der Waals surface area (Å²) in [4.78, 5) is 15.7. The summed E-state index contributed by atoms with van der Waals surface area (Å²) in [6, 6.07) is 4.61. The van der Waals surface area contributed by atoms with Gasteiger partial charge >= 0.3 is 0 Å². The van der Waals surface area contributed by atoms with Crippen molar-refractivity contribution in [3.05, 3.63) is 39.6 Å². The minimum Gasteiger partial charge on any atom is -0.289 e. The number of hydrogen-bond acceptors (Lipinski definition) is 3. The van der Waals surface area contributed by atoms with Crippen molar-refractivity contribution >= 4 is 35.1 Å². The van der Waals surface area contributed by atoms with Crippen molar-refractivity contribution in [2.24, 2.45) is 0 Å². The normalized spacial score (nSPS) is 10.3. The van der Waals surface area contributed by atoms with Crippen molar-refractivity contribution in [2.45, 2.75) is 6.92 Å². The second-order valence-electron chi connectivity index (χ2n) is 3.33. The Balaban J connectivity index is 2.17. The standard InChI is InChI=1S/C10H8Cl2N4O/c1-5-13-10(16-15-5)14-9(17)6-2-3-7(11)8(12)4-6/h2-4H,1H3,(H2,13,14,15,16,17). The second kappa shape index (κ2) is 4.73. The van der Waals surface area contributed by atoms with Crippen LogP contribution < -0.4 is 5.32 Å². The summed E-state index contributed by atoms with van der Waals surface area (Å²) < 4.78 is 0. The number of H-pyrrole nitrogens is 1. The second-order valence-corrected chi connectivity index (χ2v) is 4.14. The lowest BCUT2D eigenvalue weighted by Gasteiger charge is -2.02. The van der Waals surface area contributed by atoms with Crippen LogP contribution in [0.2, 0.25) is 10.0 Å². The summed E-state index contributed by atoms with van der Waals surface area (Å²) in [7, 11) is 0. The number of benzene rings is 1. The average Bonchev–Trinajstić information content (AvgIpc) is 2.68. The van der Waals surface area contributed by atoms with Gasteiger partial charge in [0.05, 0.1) is 10.0 Å². The summed E-state index contributed by atoms with van der Waals surface area (Å²) in [5, 5.41) is 9.67. The van der Waals surface area contributed by atoms with Crippen LogP contribution in [0.25, 0.3) is 0 Å². The lowest BCUT2D eigenvalue weighted by atomic mass is 10.2. The van der Waals surface area contributed by atoms with E-state index in [1.807, 2.05) is 0 Å². The first-order chi connectivity index (χ1) is 8.06. The largest absolute Gasteiger partial charge is 0.289 e. The van der Waals surface area contributed by atoms with Crippen molar-refractivity contribution < 1.29 is 4.79 Å². The fourth-order valence-corrected chi connectivity index (χ4v) is 1.51. The zero-order valence-electron chi connectivity index (χ0n) is 8.79. The first kappa shape index (κ1) is 11.9. The molecule has 0 saturated heterocycles. The SMILES string of the molecule is Cc1nc(NC(=O)c2ccc(Cl)c(Cl)c2)n[nH]1. The molecule has 0 spiro atoms. The van der Waals surface area contributed by atoms with E-state index in [1.165, 1.54) is 6.07 Å². The van der Waals surface area contributed by atoms with E-state index in [2.05, 4.69) is 20.5 Å². The summed E-state index contributed by atoms with van der Waals surface area (Å²) in [5.41, 5.74) is 0.391. The average molecular weight is 271 g/mol. The topological polar surface area (TPSA) is 70.7 Å². The molecule has 0 aliphatic rings. The maximum absolute atomic E-state index is 11.8. The Hall–Kier alpha value is -1.59. The molecule has 7 heteroatoms. The number of carbonyl (C=O) groups excluding carboxylic acids is 1. The highest BCUT2D eigenvalue weighted by Crippen LogP contribution is 2.22. The van der Waals surface area contributed by atoms with Crippen molar-refractivity contribution in [2.75, 3.05) is 5.32 Å². The van der Waals surface area contributed by atoms with Gasteiger partial charge in [-0.25, -0.2) is 0 Å². The molecule has 2 rings (SSSR count). The number of amides is 1. The van der Waals surface area contributed by atoms with Crippen molar-refractivity contribution in [1.29, 1.82) is 0 Å². The predicted octanol–water partition coefficient (Wildman–Crippen LogP) is 2.67. The summed E-state index contributed by atoms with van der Waals surface area (Å²) in [6.45, 7) is 1.74. The van der Waals surface area contributed by atoms with Gasteiger partial charge in [0.25, 0.3) is 5.91 Å². The predicted molar refractivity (Wildman–Crippen MR) is 65.5 cm³/mol. The van der Waals surface area contributed by atoms with E-state index < -0.39 is 0 Å². The van der Waals surface area contributed by atoms with E-state index in [0.717, 1.165) is 0 Å². The molecule has 0 aliphatic heterocycles. The highest BCUT2D eigenvalue weighted by Gasteiger charge is 2.10. The number of aromatic amines is 1. The maximum Gasteiger partial charge on any atom is 0.258 e. The van der Waals surface area contributed by atoms with E-state index >= 15 is 0 Å². The van der Waals surface area contributed by atoms with Crippen LogP contribution in [0, 0.1) is 6.92 Å². The van der Waals surface area contributed by atoms with Crippen LogP contribution in [0.15, 0.2) is 18.2 Å². The monoisotopic (exact) mass is 270 g/mol. The van der Waals surface area contributed by atoms with Gasteiger partial charge in [-0.3, -0.25) is 15.2 Å². The molecule has 2 N–H and O–H groups in total. The number of aromatic nitrogens is 3. The zero-order chi connectivity index (χ0) is 12.4. The van der Waals surface area contributed by atoms with Crippen molar-refractivity contribution in [1.82, 2.24) is 15.2 Å². The molecule has 0 bridgehead atoms. The van der Waals surface area contributed by atoms with Crippen LogP contribution in [0.1, 0.15) is 16.2 Å². The van der Waals surface area contributed by atoms with E-state index in [-0.39, 0.29) is 11.9 Å². The molecule has 0 fully saturated rings. The van der Waals surface area contributed by atoms with Gasteiger partial charge in [0.2, 0.25) is 5.95 Å². The lowest BCUT2D eigenvalue weighted by molar-refractivity contribution is 0.102. The number of hydrogen-bond donors (Lipinski definition) is 2. The summed E-state index contributed by atoms with van der Waals surface area (Å²) in [6.07, 6.45) is 0. The first-order valence-electron chi connectivity index (χ1n) is 4.71. The molecule has 1 aromatic carbocycles. The number of halogens is 2. The third-order valence-electron chi connectivity index (χ3n) is 2.00. The molecular formula is C10H8Cl2N4O. The molecule has 1 amide bonds. The molecule has 88 valence electrons. The number of carbonyl (C=O) groups is 1. The van der Waals surface area contributed by atoms with Crippen LogP contribution in [-0.2, 0) is 0 Å². The molecule has 5 nitrogen and oxygen atoms in total. The van der Waals surface area contributed by atoms with Gasteiger partial charge in [-0.15, -0.1) is 5.10 Å². The number of aryl methyl sites for hydroxylation is 1. The third-order valence-corrected chi connectivity index (χ3v) is 2.74. The molecule has 0 aliphatic carbocycles. The van der Waals surface area contributed by atoms with E-state index in [4.69, 9.17) is 23.2 Å². The fraction of sp³-hybridized carbons (Fsp3) is 0.100. The number of nitrogens with one attached hydrogen (secondary N) is 2. The summed E-state index contributed by atoms with van der Waals surface area (Å²) in [5.74, 6) is 0.496. The molecule has 0 radical (unpaired) electrons. The van der Waals surface area contributed by atoms with Crippen LogP contribution >= 0.6 is 23.2 Å². The molecule has 1 aromatic heterocycles. The summed E-state index contributed by atoms with van der Waals surface area (Å²) >= 11 is 11.6. The van der Waals surface area contributed by atoms with Gasteiger partial charge in [0.1, 0.15) is 5.82 Å². The van der Waals surface area contributed by atoms with Crippen molar-refractivity contribution in [3.8, 4) is 0 Å². The van der Waals surface area contributed by atoms with Gasteiger partial charge < -0.3 is 0 Å². The Bertz CT molecular complexity index is 567. The Labute approximate surface area is 107 Å². The molecule has 1 heterocycles. The van der Waals surface area contributed by atoms with Gasteiger partial charge in [-0.2, -0.15) is 4.98 Å². The van der Waals surface area contributed by atoms with Gasteiger partial charge in [0.15, 0.2) is 0 Å². The number of nitrogens with zero attached hydrogens (tertiary/aromatic N) is 2. The molecule has 0 atom stereocenters. The quantitative estimate of drug-likeness (QED) is 0.882.